The largest absolute Gasteiger partial charge is 0.311 e. The molecule has 1 unspecified atom stereocenters. The third-order valence-electron chi connectivity index (χ3n) is 6.05. The second-order valence-electron chi connectivity index (χ2n) is 8.09. The van der Waals surface area contributed by atoms with E-state index in [-0.39, 0.29) is 5.56 Å². The van der Waals surface area contributed by atoms with Gasteiger partial charge in [0.2, 0.25) is 0 Å². The van der Waals surface area contributed by atoms with E-state index in [2.05, 4.69) is 10.3 Å². The minimum atomic E-state index is -1.18. The Morgan fingerprint density at radius 3 is 2.38 bits per heavy atom. The molecule has 0 amide bonds. The van der Waals surface area contributed by atoms with Crippen molar-refractivity contribution in [3.05, 3.63) is 110 Å². The average Bonchev–Trinajstić information content (AvgIpc) is 3.27. The van der Waals surface area contributed by atoms with Crippen LogP contribution in [0.2, 0.25) is 10.0 Å². The maximum atomic E-state index is 12.7. The van der Waals surface area contributed by atoms with Gasteiger partial charge in [-0.15, -0.1) is 5.10 Å². The summed E-state index contributed by atoms with van der Waals surface area (Å²) >= 11 is 12.4. The van der Waals surface area contributed by atoms with Gasteiger partial charge in [-0.1, -0.05) is 52.7 Å². The van der Waals surface area contributed by atoms with Crippen LogP contribution in [0.25, 0.3) is 22.2 Å². The van der Waals surface area contributed by atoms with Gasteiger partial charge in [0.25, 0.3) is 5.56 Å². The summed E-state index contributed by atoms with van der Waals surface area (Å²) in [5.74, 6) is 0. The van der Waals surface area contributed by atoms with E-state index in [0.717, 1.165) is 11.1 Å². The first-order valence-electron chi connectivity index (χ1n) is 10.5. The van der Waals surface area contributed by atoms with Crippen LogP contribution in [0.3, 0.4) is 0 Å². The monoisotopic (exact) mass is 490 g/mol. The number of aryl methyl sites for hydroxylation is 2. The SMILES string of the molecule is Cn1nncc1C(N)(c1ccc(Cl)cc1)c1ccc2c(n1)c(-c1cccc(Cl)c1)cc(=O)n2C. The van der Waals surface area contributed by atoms with Crippen LogP contribution in [-0.2, 0) is 19.6 Å². The lowest BCUT2D eigenvalue weighted by molar-refractivity contribution is 0.551. The molecule has 0 saturated carbocycles. The van der Waals surface area contributed by atoms with Gasteiger partial charge in [-0.3, -0.25) is 4.79 Å². The van der Waals surface area contributed by atoms with Gasteiger partial charge >= 0.3 is 0 Å². The zero-order valence-electron chi connectivity index (χ0n) is 18.4. The van der Waals surface area contributed by atoms with E-state index in [1.807, 2.05) is 42.5 Å². The molecule has 0 aliphatic carbocycles. The Morgan fingerprint density at radius 1 is 0.941 bits per heavy atom. The summed E-state index contributed by atoms with van der Waals surface area (Å²) in [4.78, 5) is 17.7. The van der Waals surface area contributed by atoms with Crippen molar-refractivity contribution < 1.29 is 0 Å². The van der Waals surface area contributed by atoms with Crippen LogP contribution in [0.5, 0.6) is 0 Å². The third kappa shape index (κ3) is 3.58. The summed E-state index contributed by atoms with van der Waals surface area (Å²) in [6.07, 6.45) is 1.62. The van der Waals surface area contributed by atoms with Gasteiger partial charge in [-0.05, 0) is 47.5 Å². The molecule has 5 rings (SSSR count). The molecule has 0 spiro atoms. The molecule has 0 bridgehead atoms. The second-order valence-corrected chi connectivity index (χ2v) is 8.96. The minimum Gasteiger partial charge on any atom is -0.311 e. The maximum absolute atomic E-state index is 12.7. The van der Waals surface area contributed by atoms with Crippen LogP contribution in [0.4, 0.5) is 0 Å². The number of rotatable bonds is 4. The summed E-state index contributed by atoms with van der Waals surface area (Å²) in [5, 5.41) is 9.29. The normalized spacial score (nSPS) is 13.2. The van der Waals surface area contributed by atoms with Crippen LogP contribution in [0.1, 0.15) is 17.0 Å². The van der Waals surface area contributed by atoms with Crippen molar-refractivity contribution in [2.45, 2.75) is 5.54 Å². The Kier molecular flexibility index (Phi) is 5.48. The molecule has 0 radical (unpaired) electrons. The highest BCUT2D eigenvalue weighted by Gasteiger charge is 2.37. The zero-order chi connectivity index (χ0) is 24.0. The summed E-state index contributed by atoms with van der Waals surface area (Å²) < 4.78 is 3.19. The zero-order valence-corrected chi connectivity index (χ0v) is 19.9. The van der Waals surface area contributed by atoms with Crippen molar-refractivity contribution in [2.75, 3.05) is 0 Å². The van der Waals surface area contributed by atoms with Crippen LogP contribution in [0.15, 0.2) is 77.7 Å². The second kappa shape index (κ2) is 8.36. The van der Waals surface area contributed by atoms with E-state index in [0.29, 0.717) is 38.0 Å². The highest BCUT2D eigenvalue weighted by molar-refractivity contribution is 6.31. The van der Waals surface area contributed by atoms with Gasteiger partial charge < -0.3 is 10.3 Å². The predicted octanol–water partition coefficient (Wildman–Crippen LogP) is 4.29. The number of hydrogen-bond acceptors (Lipinski definition) is 5. The van der Waals surface area contributed by atoms with E-state index in [1.165, 1.54) is 0 Å². The standard InChI is InChI=1S/C25H20Cl2N6O/c1-32-20-10-11-21(30-24(20)19(13-23(32)34)15-4-3-5-18(27)12-15)25(28,22-14-29-31-33(22)2)16-6-8-17(26)9-7-16/h3-14H,28H2,1-2H3. The first-order chi connectivity index (χ1) is 16.3. The van der Waals surface area contributed by atoms with Gasteiger partial charge in [0.15, 0.2) is 0 Å². The van der Waals surface area contributed by atoms with Crippen LogP contribution < -0.4 is 11.3 Å². The van der Waals surface area contributed by atoms with Gasteiger partial charge in [0.05, 0.1) is 28.6 Å². The molecule has 0 fully saturated rings. The third-order valence-corrected chi connectivity index (χ3v) is 6.53. The number of pyridine rings is 2. The number of fused-ring (bicyclic) bond motifs is 1. The Morgan fingerprint density at radius 2 is 1.71 bits per heavy atom. The molecular formula is C25H20Cl2N6O. The molecule has 34 heavy (non-hydrogen) atoms. The Labute approximate surface area is 205 Å². The molecule has 0 aliphatic heterocycles. The lowest BCUT2D eigenvalue weighted by Gasteiger charge is -2.30. The van der Waals surface area contributed by atoms with Crippen molar-refractivity contribution in [3.8, 4) is 11.1 Å². The molecule has 3 aromatic heterocycles. The van der Waals surface area contributed by atoms with E-state index in [4.69, 9.17) is 33.9 Å². The molecule has 3 heterocycles. The van der Waals surface area contributed by atoms with E-state index < -0.39 is 5.54 Å². The maximum Gasteiger partial charge on any atom is 0.251 e. The molecule has 1 atom stereocenters. The fraction of sp³-hybridized carbons (Fsp3) is 0.120. The molecule has 7 nitrogen and oxygen atoms in total. The van der Waals surface area contributed by atoms with Crippen molar-refractivity contribution in [2.24, 2.45) is 19.8 Å². The fourth-order valence-corrected chi connectivity index (χ4v) is 4.53. The first-order valence-corrected chi connectivity index (χ1v) is 11.2. The Balaban J connectivity index is 1.84. The molecule has 0 aliphatic rings. The van der Waals surface area contributed by atoms with Gasteiger partial charge in [0.1, 0.15) is 5.54 Å². The van der Waals surface area contributed by atoms with Crippen LogP contribution >= 0.6 is 23.2 Å². The summed E-state index contributed by atoms with van der Waals surface area (Å²) in [7, 11) is 3.50. The fourth-order valence-electron chi connectivity index (χ4n) is 4.21. The van der Waals surface area contributed by atoms with Crippen molar-refractivity contribution in [1.29, 1.82) is 0 Å². The number of nitrogens with zero attached hydrogens (tertiary/aromatic N) is 5. The number of benzene rings is 2. The molecular weight excluding hydrogens is 471 g/mol. The lowest BCUT2D eigenvalue weighted by Crippen LogP contribution is -2.42. The number of aromatic nitrogens is 5. The predicted molar refractivity (Wildman–Crippen MR) is 134 cm³/mol. The highest BCUT2D eigenvalue weighted by atomic mass is 35.5. The van der Waals surface area contributed by atoms with Crippen LogP contribution in [0, 0.1) is 0 Å². The molecule has 2 N–H and O–H groups in total. The molecule has 5 aromatic rings. The topological polar surface area (TPSA) is 91.6 Å². The van der Waals surface area contributed by atoms with Gasteiger partial charge in [-0.25, -0.2) is 9.67 Å². The quantitative estimate of drug-likeness (QED) is 0.405. The molecule has 9 heteroatoms. The number of nitrogens with two attached hydrogens (primary N) is 1. The minimum absolute atomic E-state index is 0.149. The summed E-state index contributed by atoms with van der Waals surface area (Å²) in [5.41, 5.74) is 10.5. The number of halogens is 2. The number of hydrogen-bond donors (Lipinski definition) is 1. The van der Waals surface area contributed by atoms with Crippen LogP contribution in [-0.4, -0.2) is 24.5 Å². The molecule has 2 aromatic carbocycles. The smallest absolute Gasteiger partial charge is 0.251 e. The Hall–Kier alpha value is -3.52. The van der Waals surface area contributed by atoms with Gasteiger partial charge in [0, 0.05) is 35.8 Å². The van der Waals surface area contributed by atoms with Crippen molar-refractivity contribution in [1.82, 2.24) is 24.5 Å². The van der Waals surface area contributed by atoms with E-state index in [1.54, 1.807) is 53.8 Å². The van der Waals surface area contributed by atoms with Gasteiger partial charge in [-0.2, -0.15) is 0 Å². The van der Waals surface area contributed by atoms with E-state index >= 15 is 0 Å². The average molecular weight is 491 g/mol. The van der Waals surface area contributed by atoms with Crippen molar-refractivity contribution >= 4 is 34.2 Å². The van der Waals surface area contributed by atoms with E-state index in [9.17, 15) is 4.79 Å². The lowest BCUT2D eigenvalue weighted by atomic mass is 9.84. The highest BCUT2D eigenvalue weighted by Crippen LogP contribution is 2.35. The molecule has 170 valence electrons. The molecule has 0 saturated heterocycles. The Bertz CT molecular complexity index is 1590. The first kappa shape index (κ1) is 22.3. The summed E-state index contributed by atoms with van der Waals surface area (Å²) in [6, 6.07) is 19.9. The summed E-state index contributed by atoms with van der Waals surface area (Å²) in [6.45, 7) is 0. The van der Waals surface area contributed by atoms with Crippen molar-refractivity contribution in [3.63, 3.8) is 0 Å².